The SMILES string of the molecule is CCC(=O)NC1CC2CCC1O2. The minimum absolute atomic E-state index is 0.149. The molecule has 0 radical (unpaired) electrons. The molecule has 2 aliphatic heterocycles. The van der Waals surface area contributed by atoms with E-state index in [2.05, 4.69) is 5.32 Å². The first-order chi connectivity index (χ1) is 5.79. The maximum atomic E-state index is 11.1. The van der Waals surface area contributed by atoms with Crippen LogP contribution >= 0.6 is 0 Å². The highest BCUT2D eigenvalue weighted by molar-refractivity contribution is 5.75. The average molecular weight is 169 g/mol. The van der Waals surface area contributed by atoms with Crippen molar-refractivity contribution in [3.63, 3.8) is 0 Å². The number of ether oxygens (including phenoxy) is 1. The van der Waals surface area contributed by atoms with Crippen molar-refractivity contribution in [2.75, 3.05) is 0 Å². The maximum Gasteiger partial charge on any atom is 0.220 e. The van der Waals surface area contributed by atoms with E-state index in [1.165, 1.54) is 6.42 Å². The first kappa shape index (κ1) is 8.05. The Morgan fingerprint density at radius 3 is 2.92 bits per heavy atom. The number of carbonyl (C=O) groups is 1. The van der Waals surface area contributed by atoms with E-state index in [0.29, 0.717) is 24.7 Å². The van der Waals surface area contributed by atoms with Gasteiger partial charge in [0.15, 0.2) is 0 Å². The number of hydrogen-bond donors (Lipinski definition) is 1. The van der Waals surface area contributed by atoms with Crippen LogP contribution in [0.2, 0.25) is 0 Å². The summed E-state index contributed by atoms with van der Waals surface area (Å²) in [5.41, 5.74) is 0. The van der Waals surface area contributed by atoms with Gasteiger partial charge < -0.3 is 10.1 Å². The molecule has 12 heavy (non-hydrogen) atoms. The van der Waals surface area contributed by atoms with Crippen LogP contribution in [0.15, 0.2) is 0 Å². The molecule has 3 nitrogen and oxygen atoms in total. The Labute approximate surface area is 72.5 Å². The molecule has 1 N–H and O–H groups in total. The van der Waals surface area contributed by atoms with E-state index in [0.717, 1.165) is 12.8 Å². The van der Waals surface area contributed by atoms with Crippen molar-refractivity contribution in [2.24, 2.45) is 0 Å². The molecule has 0 spiro atoms. The molecule has 0 aromatic carbocycles. The van der Waals surface area contributed by atoms with Crippen LogP contribution in [-0.4, -0.2) is 24.2 Å². The zero-order chi connectivity index (χ0) is 8.55. The van der Waals surface area contributed by atoms with Gasteiger partial charge in [0, 0.05) is 6.42 Å². The van der Waals surface area contributed by atoms with Gasteiger partial charge in [-0.05, 0) is 19.3 Å². The molecule has 0 aliphatic carbocycles. The van der Waals surface area contributed by atoms with E-state index in [9.17, 15) is 4.79 Å². The summed E-state index contributed by atoms with van der Waals surface area (Å²) >= 11 is 0. The third kappa shape index (κ3) is 1.33. The first-order valence-electron chi connectivity index (χ1n) is 4.74. The summed E-state index contributed by atoms with van der Waals surface area (Å²) < 4.78 is 5.62. The van der Waals surface area contributed by atoms with Gasteiger partial charge >= 0.3 is 0 Å². The van der Waals surface area contributed by atoms with Gasteiger partial charge in [-0.25, -0.2) is 0 Å². The van der Waals surface area contributed by atoms with Crippen molar-refractivity contribution in [2.45, 2.75) is 50.9 Å². The summed E-state index contributed by atoms with van der Waals surface area (Å²) in [6.07, 6.45) is 4.65. The van der Waals surface area contributed by atoms with Crippen LogP contribution in [-0.2, 0) is 9.53 Å². The molecular formula is C9H15NO2. The van der Waals surface area contributed by atoms with Crippen molar-refractivity contribution in [3.05, 3.63) is 0 Å². The number of hydrogen-bond acceptors (Lipinski definition) is 2. The lowest BCUT2D eigenvalue weighted by molar-refractivity contribution is -0.121. The number of carbonyl (C=O) groups excluding carboxylic acids is 1. The fourth-order valence-corrected chi connectivity index (χ4v) is 2.10. The molecule has 2 fully saturated rings. The molecule has 0 aromatic heterocycles. The minimum atomic E-state index is 0.149. The van der Waals surface area contributed by atoms with Gasteiger partial charge in [0.1, 0.15) is 0 Å². The molecule has 2 bridgehead atoms. The maximum absolute atomic E-state index is 11.1. The topological polar surface area (TPSA) is 38.3 Å². The van der Waals surface area contributed by atoms with Crippen molar-refractivity contribution < 1.29 is 9.53 Å². The predicted molar refractivity (Wildman–Crippen MR) is 44.7 cm³/mol. The molecule has 3 unspecified atom stereocenters. The normalized spacial score (nSPS) is 38.6. The van der Waals surface area contributed by atoms with Gasteiger partial charge in [0.05, 0.1) is 18.2 Å². The van der Waals surface area contributed by atoms with Gasteiger partial charge in [-0.15, -0.1) is 0 Å². The Hall–Kier alpha value is -0.570. The van der Waals surface area contributed by atoms with E-state index in [-0.39, 0.29) is 5.91 Å². The Balaban J connectivity index is 1.86. The lowest BCUT2D eigenvalue weighted by Gasteiger charge is -2.19. The molecule has 0 aromatic rings. The molecule has 2 aliphatic rings. The summed E-state index contributed by atoms with van der Waals surface area (Å²) in [4.78, 5) is 11.1. The van der Waals surface area contributed by atoms with Crippen LogP contribution in [0.4, 0.5) is 0 Å². The first-order valence-corrected chi connectivity index (χ1v) is 4.74. The standard InChI is InChI=1S/C9H15NO2/c1-2-9(11)10-7-5-6-3-4-8(7)12-6/h6-8H,2-5H2,1H3,(H,10,11). The van der Waals surface area contributed by atoms with Crippen molar-refractivity contribution >= 4 is 5.91 Å². The highest BCUT2D eigenvalue weighted by atomic mass is 16.5. The van der Waals surface area contributed by atoms with Crippen molar-refractivity contribution in [1.82, 2.24) is 5.32 Å². The van der Waals surface area contributed by atoms with E-state index in [1.807, 2.05) is 6.92 Å². The predicted octanol–water partition coefficient (Wildman–Crippen LogP) is 0.832. The fraction of sp³-hybridized carbons (Fsp3) is 0.889. The second-order valence-electron chi connectivity index (χ2n) is 3.64. The second kappa shape index (κ2) is 3.05. The highest BCUT2D eigenvalue weighted by Gasteiger charge is 2.41. The lowest BCUT2D eigenvalue weighted by atomic mass is 9.95. The summed E-state index contributed by atoms with van der Waals surface area (Å²) in [6.45, 7) is 1.88. The second-order valence-corrected chi connectivity index (χ2v) is 3.64. The zero-order valence-electron chi connectivity index (χ0n) is 7.38. The van der Waals surface area contributed by atoms with E-state index in [1.54, 1.807) is 0 Å². The lowest BCUT2D eigenvalue weighted by Crippen LogP contribution is -2.40. The van der Waals surface area contributed by atoms with Crippen LogP contribution in [0.5, 0.6) is 0 Å². The molecule has 0 saturated carbocycles. The third-order valence-corrected chi connectivity index (χ3v) is 2.77. The largest absolute Gasteiger partial charge is 0.373 e. The summed E-state index contributed by atoms with van der Waals surface area (Å²) in [5, 5.41) is 3.00. The molecule has 1 amide bonds. The van der Waals surface area contributed by atoms with Gasteiger partial charge in [0.2, 0.25) is 5.91 Å². The van der Waals surface area contributed by atoms with E-state index in [4.69, 9.17) is 4.74 Å². The Morgan fingerprint density at radius 2 is 2.42 bits per heavy atom. The molecule has 3 atom stereocenters. The molecule has 2 heterocycles. The highest BCUT2D eigenvalue weighted by Crippen LogP contribution is 2.34. The van der Waals surface area contributed by atoms with E-state index < -0.39 is 0 Å². The number of nitrogens with one attached hydrogen (secondary N) is 1. The van der Waals surface area contributed by atoms with Crippen LogP contribution in [0, 0.1) is 0 Å². The summed E-state index contributed by atoms with van der Waals surface area (Å²) in [7, 11) is 0. The Bertz CT molecular complexity index is 193. The average Bonchev–Trinajstić information content (AvgIpc) is 2.64. The molecule has 2 rings (SSSR count). The summed E-state index contributed by atoms with van der Waals surface area (Å²) in [5.74, 6) is 0.149. The van der Waals surface area contributed by atoms with Crippen LogP contribution in [0.3, 0.4) is 0 Å². The van der Waals surface area contributed by atoms with Gasteiger partial charge in [-0.1, -0.05) is 6.92 Å². The van der Waals surface area contributed by atoms with Gasteiger partial charge in [0.25, 0.3) is 0 Å². The van der Waals surface area contributed by atoms with Crippen LogP contribution < -0.4 is 5.32 Å². The summed E-state index contributed by atoms with van der Waals surface area (Å²) in [6, 6.07) is 0.302. The van der Waals surface area contributed by atoms with Gasteiger partial charge in [-0.3, -0.25) is 4.79 Å². The van der Waals surface area contributed by atoms with Crippen molar-refractivity contribution in [3.8, 4) is 0 Å². The molecule has 3 heteroatoms. The van der Waals surface area contributed by atoms with Crippen LogP contribution in [0.25, 0.3) is 0 Å². The number of amides is 1. The Morgan fingerprint density at radius 1 is 1.58 bits per heavy atom. The molecular weight excluding hydrogens is 154 g/mol. The number of fused-ring (bicyclic) bond motifs is 2. The fourth-order valence-electron chi connectivity index (χ4n) is 2.10. The Kier molecular flexibility index (Phi) is 2.05. The zero-order valence-corrected chi connectivity index (χ0v) is 7.38. The van der Waals surface area contributed by atoms with Crippen molar-refractivity contribution in [1.29, 1.82) is 0 Å². The minimum Gasteiger partial charge on any atom is -0.373 e. The van der Waals surface area contributed by atoms with Gasteiger partial charge in [-0.2, -0.15) is 0 Å². The number of rotatable bonds is 2. The van der Waals surface area contributed by atoms with Crippen LogP contribution in [0.1, 0.15) is 32.6 Å². The molecule has 68 valence electrons. The third-order valence-electron chi connectivity index (χ3n) is 2.77. The smallest absolute Gasteiger partial charge is 0.220 e. The van der Waals surface area contributed by atoms with E-state index >= 15 is 0 Å². The molecule has 2 saturated heterocycles. The monoisotopic (exact) mass is 169 g/mol. The quantitative estimate of drug-likeness (QED) is 0.665.